The number of rotatable bonds is 1. The van der Waals surface area contributed by atoms with Gasteiger partial charge >= 0.3 is 0 Å². The Kier molecular flexibility index (Phi) is 3.99. The van der Waals surface area contributed by atoms with Crippen molar-refractivity contribution in [2.75, 3.05) is 11.4 Å². The Hall–Kier alpha value is -4.10. The van der Waals surface area contributed by atoms with Gasteiger partial charge in [-0.15, -0.1) is 0 Å². The summed E-state index contributed by atoms with van der Waals surface area (Å²) in [7, 11) is 0. The fourth-order valence-corrected chi connectivity index (χ4v) is 7.67. The average Bonchev–Trinajstić information content (AvgIpc) is 3.62. The first kappa shape index (κ1) is 21.0. The normalized spacial score (nSPS) is 27.7. The largest absolute Gasteiger partial charge is 0.283 e. The number of fused-ring (bicyclic) bond motifs is 11. The zero-order valence-corrected chi connectivity index (χ0v) is 20.3. The van der Waals surface area contributed by atoms with Crippen LogP contribution in [0.5, 0.6) is 0 Å². The smallest absolute Gasteiger partial charge is 0.266 e. The van der Waals surface area contributed by atoms with Gasteiger partial charge in [-0.3, -0.25) is 23.9 Å². The molecule has 0 N–H and O–H groups in total. The predicted molar refractivity (Wildman–Crippen MR) is 138 cm³/mol. The highest BCUT2D eigenvalue weighted by Gasteiger charge is 2.73. The summed E-state index contributed by atoms with van der Waals surface area (Å²) < 4.78 is 1.70. The Bertz CT molecular complexity index is 1740. The Labute approximate surface area is 213 Å². The van der Waals surface area contributed by atoms with Crippen molar-refractivity contribution in [2.24, 2.45) is 11.8 Å². The first-order valence-corrected chi connectivity index (χ1v) is 12.9. The van der Waals surface area contributed by atoms with Crippen molar-refractivity contribution in [2.45, 2.75) is 31.3 Å². The van der Waals surface area contributed by atoms with Crippen molar-refractivity contribution < 1.29 is 9.59 Å². The number of hydrogen-bond acceptors (Lipinski definition) is 5. The molecule has 3 saturated heterocycles. The molecule has 7 heteroatoms. The van der Waals surface area contributed by atoms with E-state index in [0.717, 1.165) is 36.2 Å². The quantitative estimate of drug-likeness (QED) is 0.383. The van der Waals surface area contributed by atoms with Gasteiger partial charge < -0.3 is 0 Å². The van der Waals surface area contributed by atoms with Crippen molar-refractivity contribution in [1.29, 1.82) is 0 Å². The molecule has 0 bridgehead atoms. The number of aryl methyl sites for hydroxylation is 1. The van der Waals surface area contributed by atoms with Gasteiger partial charge in [-0.05, 0) is 56.1 Å². The minimum atomic E-state index is -0.976. The first-order valence-electron chi connectivity index (χ1n) is 12.9. The summed E-state index contributed by atoms with van der Waals surface area (Å²) >= 11 is 0. The third kappa shape index (κ3) is 2.32. The van der Waals surface area contributed by atoms with E-state index in [9.17, 15) is 14.4 Å². The maximum absolute atomic E-state index is 14.5. The zero-order chi connectivity index (χ0) is 25.1. The second-order valence-electron chi connectivity index (χ2n) is 10.6. The van der Waals surface area contributed by atoms with E-state index in [1.54, 1.807) is 10.6 Å². The van der Waals surface area contributed by atoms with Crippen LogP contribution in [-0.4, -0.2) is 38.9 Å². The third-order valence-corrected chi connectivity index (χ3v) is 9.00. The number of aromatic nitrogens is 2. The molecule has 3 fully saturated rings. The number of imide groups is 1. The second kappa shape index (κ2) is 7.01. The van der Waals surface area contributed by atoms with Gasteiger partial charge in [0.15, 0.2) is 0 Å². The second-order valence-corrected chi connectivity index (χ2v) is 10.6. The van der Waals surface area contributed by atoms with Crippen LogP contribution >= 0.6 is 0 Å². The number of amides is 2. The van der Waals surface area contributed by atoms with E-state index >= 15 is 0 Å². The van der Waals surface area contributed by atoms with Crippen LogP contribution in [-0.2, 0) is 15.1 Å². The lowest BCUT2D eigenvalue weighted by Crippen LogP contribution is -2.51. The fourth-order valence-electron chi connectivity index (χ4n) is 7.67. The first-order chi connectivity index (χ1) is 18.0. The van der Waals surface area contributed by atoms with E-state index in [0.29, 0.717) is 22.4 Å². The summed E-state index contributed by atoms with van der Waals surface area (Å²) in [6.45, 7) is 2.68. The van der Waals surface area contributed by atoms with Gasteiger partial charge in [0, 0.05) is 11.6 Å². The number of carbonyl (C=O) groups excluding carboxylic acids is 2. The highest BCUT2D eigenvalue weighted by molar-refractivity contribution is 6.23. The summed E-state index contributed by atoms with van der Waals surface area (Å²) in [5.41, 5.74) is 2.66. The minimum absolute atomic E-state index is 0.0848. The number of nitrogens with zero attached hydrogens (tertiary/aromatic N) is 4. The highest BCUT2D eigenvalue weighted by atomic mass is 16.2. The van der Waals surface area contributed by atoms with Gasteiger partial charge in [-0.25, -0.2) is 9.88 Å². The molecule has 0 aliphatic carbocycles. The van der Waals surface area contributed by atoms with Crippen LogP contribution in [0.4, 0.5) is 5.69 Å². The molecule has 1 aromatic heterocycles. The minimum Gasteiger partial charge on any atom is -0.283 e. The molecule has 0 saturated carbocycles. The average molecular weight is 489 g/mol. The van der Waals surface area contributed by atoms with Gasteiger partial charge in [0.05, 0.1) is 34.1 Å². The molecule has 4 atom stereocenters. The van der Waals surface area contributed by atoms with Crippen LogP contribution in [0.25, 0.3) is 16.6 Å². The highest BCUT2D eigenvalue weighted by Crippen LogP contribution is 2.62. The predicted octanol–water partition coefficient (Wildman–Crippen LogP) is 3.53. The Balaban J connectivity index is 1.46. The standard InChI is InChI=1S/C30H24N4O3/c1-17-9-2-6-13-21(17)33-27(36)24-23-15-8-16-32(23)30(25(24)28(33)37)19-11-4-7-14-22(19)34-26(35)18-10-3-5-12-20(18)31-29(30)34/h2-7,9-14,23-25H,8,15-16H2,1H3/t23-,24-,25+,30-/m0/s1. The maximum Gasteiger partial charge on any atom is 0.266 e. The molecular weight excluding hydrogens is 464 g/mol. The molecular formula is C30H24N4O3. The molecule has 4 aliphatic rings. The zero-order valence-electron chi connectivity index (χ0n) is 20.3. The van der Waals surface area contributed by atoms with Gasteiger partial charge in [0.25, 0.3) is 5.56 Å². The van der Waals surface area contributed by atoms with Gasteiger partial charge in [0.1, 0.15) is 11.4 Å². The van der Waals surface area contributed by atoms with Crippen molar-refractivity contribution in [3.63, 3.8) is 0 Å². The lowest BCUT2D eigenvalue weighted by molar-refractivity contribution is -0.124. The fraction of sp³-hybridized carbons (Fsp3) is 0.267. The number of hydrogen-bond donors (Lipinski definition) is 0. The van der Waals surface area contributed by atoms with Crippen molar-refractivity contribution >= 4 is 28.4 Å². The van der Waals surface area contributed by atoms with E-state index in [4.69, 9.17) is 4.98 Å². The number of para-hydroxylation sites is 3. The van der Waals surface area contributed by atoms with E-state index in [-0.39, 0.29) is 23.4 Å². The van der Waals surface area contributed by atoms with Gasteiger partial charge in [0.2, 0.25) is 11.8 Å². The van der Waals surface area contributed by atoms with Crippen LogP contribution < -0.4 is 10.5 Å². The monoisotopic (exact) mass is 488 g/mol. The van der Waals surface area contributed by atoms with E-state index in [1.165, 1.54) is 4.90 Å². The molecule has 8 rings (SSSR count). The molecule has 182 valence electrons. The molecule has 1 spiro atoms. The SMILES string of the molecule is Cc1ccccc1N1C(=O)[C@H]2[C@@H]3CCCN3[C@@]3(c4ccccc4-n4c3nc3ccccc3c4=O)[C@H]2C1=O. The summed E-state index contributed by atoms with van der Waals surface area (Å²) in [6.07, 6.45) is 1.77. The molecule has 0 radical (unpaired) electrons. The van der Waals surface area contributed by atoms with Gasteiger partial charge in [-0.1, -0.05) is 48.5 Å². The number of anilines is 1. The molecule has 4 aromatic rings. The number of carbonyl (C=O) groups is 2. The van der Waals surface area contributed by atoms with Crippen LogP contribution in [0, 0.1) is 18.8 Å². The van der Waals surface area contributed by atoms with Gasteiger partial charge in [-0.2, -0.15) is 0 Å². The molecule has 2 amide bonds. The lowest BCUT2D eigenvalue weighted by atomic mass is 9.75. The van der Waals surface area contributed by atoms with E-state index in [1.807, 2.05) is 73.7 Å². The van der Waals surface area contributed by atoms with Crippen molar-refractivity contribution in [3.05, 3.63) is 100 Å². The molecule has 7 nitrogen and oxygen atoms in total. The Morgan fingerprint density at radius 2 is 1.59 bits per heavy atom. The molecule has 4 aliphatic heterocycles. The third-order valence-electron chi connectivity index (χ3n) is 9.00. The Morgan fingerprint density at radius 3 is 2.43 bits per heavy atom. The Morgan fingerprint density at radius 1 is 0.865 bits per heavy atom. The maximum atomic E-state index is 14.5. The van der Waals surface area contributed by atoms with Crippen LogP contribution in [0.2, 0.25) is 0 Å². The topological polar surface area (TPSA) is 75.5 Å². The molecule has 0 unspecified atom stereocenters. The summed E-state index contributed by atoms with van der Waals surface area (Å²) in [4.78, 5) is 51.4. The van der Waals surface area contributed by atoms with Crippen LogP contribution in [0.15, 0.2) is 77.6 Å². The molecule has 5 heterocycles. The molecule has 37 heavy (non-hydrogen) atoms. The van der Waals surface area contributed by atoms with E-state index in [2.05, 4.69) is 4.90 Å². The molecule has 3 aromatic carbocycles. The van der Waals surface area contributed by atoms with Crippen LogP contribution in [0.1, 0.15) is 29.8 Å². The summed E-state index contributed by atoms with van der Waals surface area (Å²) in [5.74, 6) is -0.934. The van der Waals surface area contributed by atoms with Crippen molar-refractivity contribution in [1.82, 2.24) is 14.5 Å². The van der Waals surface area contributed by atoms with Crippen molar-refractivity contribution in [3.8, 4) is 5.69 Å². The van der Waals surface area contributed by atoms with Crippen LogP contribution in [0.3, 0.4) is 0 Å². The summed E-state index contributed by atoms with van der Waals surface area (Å²) in [5, 5.41) is 0.543. The van der Waals surface area contributed by atoms with E-state index < -0.39 is 17.4 Å². The lowest BCUT2D eigenvalue weighted by Gasteiger charge is -2.38. The summed E-state index contributed by atoms with van der Waals surface area (Å²) in [6, 6.07) is 22.6. The number of benzene rings is 3.